The molecule has 1 heterocycles. The quantitative estimate of drug-likeness (QED) is 0.866. The highest BCUT2D eigenvalue weighted by atomic mass is 16.2. The Morgan fingerprint density at radius 2 is 1.90 bits per heavy atom. The number of para-hydroxylation sites is 1. The van der Waals surface area contributed by atoms with Crippen molar-refractivity contribution in [2.75, 3.05) is 11.9 Å². The summed E-state index contributed by atoms with van der Waals surface area (Å²) in [6.07, 6.45) is 0.788. The van der Waals surface area contributed by atoms with Crippen LogP contribution in [-0.2, 0) is 11.2 Å². The predicted octanol–water partition coefficient (Wildman–Crippen LogP) is 3.07. The molecule has 0 aromatic heterocycles. The maximum Gasteiger partial charge on any atom is 0.242 e. The number of carbonyl (C=O) groups is 1. The number of rotatable bonds is 5. The largest absolute Gasteiger partial charge is 0.373 e. The van der Waals surface area contributed by atoms with Crippen molar-refractivity contribution >= 4 is 11.6 Å². The Hall–Kier alpha value is -1.51. The van der Waals surface area contributed by atoms with Crippen LogP contribution in [0.25, 0.3) is 0 Å². The topological polar surface area (TPSA) is 41.1 Å². The van der Waals surface area contributed by atoms with Crippen LogP contribution < -0.4 is 10.6 Å². The Kier molecular flexibility index (Phi) is 4.69. The fourth-order valence-corrected chi connectivity index (χ4v) is 3.04. The summed E-state index contributed by atoms with van der Waals surface area (Å²) >= 11 is 0. The van der Waals surface area contributed by atoms with Crippen molar-refractivity contribution < 1.29 is 4.79 Å². The second-order valence-electron chi connectivity index (χ2n) is 6.46. The smallest absolute Gasteiger partial charge is 0.242 e. The molecule has 0 radical (unpaired) electrons. The Morgan fingerprint density at radius 1 is 1.25 bits per heavy atom. The molecule has 3 nitrogen and oxygen atoms in total. The van der Waals surface area contributed by atoms with Gasteiger partial charge in [0.1, 0.15) is 6.04 Å². The van der Waals surface area contributed by atoms with Gasteiger partial charge in [0.25, 0.3) is 0 Å². The van der Waals surface area contributed by atoms with E-state index in [0.717, 1.165) is 18.7 Å². The van der Waals surface area contributed by atoms with Crippen molar-refractivity contribution in [2.45, 2.75) is 40.2 Å². The van der Waals surface area contributed by atoms with Gasteiger partial charge in [-0.05, 0) is 29.4 Å². The first kappa shape index (κ1) is 14.9. The summed E-state index contributed by atoms with van der Waals surface area (Å²) in [5.41, 5.74) is 2.33. The van der Waals surface area contributed by atoms with Crippen LogP contribution in [0, 0.1) is 17.8 Å². The molecular formula is C17H26N2O. The van der Waals surface area contributed by atoms with Crippen molar-refractivity contribution in [3.63, 3.8) is 0 Å². The lowest BCUT2D eigenvalue weighted by atomic mass is 9.85. The summed E-state index contributed by atoms with van der Waals surface area (Å²) in [6, 6.07) is 8.02. The van der Waals surface area contributed by atoms with Crippen molar-refractivity contribution in [3.8, 4) is 0 Å². The highest BCUT2D eigenvalue weighted by Gasteiger charge is 2.27. The number of amides is 1. The van der Waals surface area contributed by atoms with E-state index in [1.165, 1.54) is 5.56 Å². The molecule has 0 saturated carbocycles. The number of anilines is 1. The van der Waals surface area contributed by atoms with E-state index in [0.29, 0.717) is 17.8 Å². The predicted molar refractivity (Wildman–Crippen MR) is 83.7 cm³/mol. The van der Waals surface area contributed by atoms with Crippen molar-refractivity contribution in [1.29, 1.82) is 0 Å². The molecule has 2 N–H and O–H groups in total. The Bertz CT molecular complexity index is 435. The molecule has 1 atom stereocenters. The fourth-order valence-electron chi connectivity index (χ4n) is 3.04. The van der Waals surface area contributed by atoms with E-state index < -0.39 is 0 Å². The molecule has 0 spiro atoms. The average Bonchev–Trinajstić information content (AvgIpc) is 2.81. The molecule has 2 rings (SSSR count). The summed E-state index contributed by atoms with van der Waals surface area (Å²) in [5.74, 6) is 1.82. The number of carbonyl (C=O) groups excluding carboxylic acids is 1. The number of nitrogens with one attached hydrogen (secondary N) is 2. The van der Waals surface area contributed by atoms with Gasteiger partial charge in [-0.25, -0.2) is 0 Å². The minimum absolute atomic E-state index is 0.118. The van der Waals surface area contributed by atoms with E-state index in [4.69, 9.17) is 0 Å². The Morgan fingerprint density at radius 3 is 2.50 bits per heavy atom. The molecule has 0 fully saturated rings. The van der Waals surface area contributed by atoms with Gasteiger partial charge < -0.3 is 10.6 Å². The van der Waals surface area contributed by atoms with Gasteiger partial charge in [-0.15, -0.1) is 0 Å². The van der Waals surface area contributed by atoms with Gasteiger partial charge in [-0.3, -0.25) is 4.79 Å². The normalized spacial score (nSPS) is 17.4. The third kappa shape index (κ3) is 3.33. The number of hydrogen-bond donors (Lipinski definition) is 2. The van der Waals surface area contributed by atoms with E-state index in [-0.39, 0.29) is 11.9 Å². The summed E-state index contributed by atoms with van der Waals surface area (Å²) in [5, 5.41) is 6.43. The molecule has 0 saturated heterocycles. The third-order valence-electron chi connectivity index (χ3n) is 4.31. The van der Waals surface area contributed by atoms with E-state index in [1.54, 1.807) is 0 Å². The monoisotopic (exact) mass is 274 g/mol. The lowest BCUT2D eigenvalue weighted by Crippen LogP contribution is -2.42. The SMILES string of the molecule is CC(C)C(CNC(=O)C1Cc2ccccc2N1)C(C)C. The maximum atomic E-state index is 12.3. The van der Waals surface area contributed by atoms with Crippen LogP contribution in [0.15, 0.2) is 24.3 Å². The van der Waals surface area contributed by atoms with Gasteiger partial charge in [0.15, 0.2) is 0 Å². The molecule has 3 heteroatoms. The molecule has 20 heavy (non-hydrogen) atoms. The van der Waals surface area contributed by atoms with E-state index in [9.17, 15) is 4.79 Å². The zero-order valence-electron chi connectivity index (χ0n) is 12.9. The molecule has 0 bridgehead atoms. The third-order valence-corrected chi connectivity index (χ3v) is 4.31. The fraction of sp³-hybridized carbons (Fsp3) is 0.588. The van der Waals surface area contributed by atoms with Gasteiger partial charge in [0, 0.05) is 18.7 Å². The summed E-state index contributed by atoms with van der Waals surface area (Å²) < 4.78 is 0. The average molecular weight is 274 g/mol. The maximum absolute atomic E-state index is 12.3. The van der Waals surface area contributed by atoms with E-state index in [2.05, 4.69) is 44.4 Å². The van der Waals surface area contributed by atoms with E-state index >= 15 is 0 Å². The van der Waals surface area contributed by atoms with Crippen LogP contribution in [0.3, 0.4) is 0 Å². The minimum Gasteiger partial charge on any atom is -0.373 e. The second-order valence-corrected chi connectivity index (χ2v) is 6.46. The number of benzene rings is 1. The molecule has 1 aromatic rings. The van der Waals surface area contributed by atoms with Crippen molar-refractivity contribution in [1.82, 2.24) is 5.32 Å². The first-order valence-electron chi connectivity index (χ1n) is 7.61. The van der Waals surface area contributed by atoms with Crippen LogP contribution in [0.1, 0.15) is 33.3 Å². The summed E-state index contributed by atoms with van der Waals surface area (Å²) in [4.78, 5) is 12.3. The van der Waals surface area contributed by atoms with Crippen LogP contribution >= 0.6 is 0 Å². The van der Waals surface area contributed by atoms with Gasteiger partial charge in [-0.2, -0.15) is 0 Å². The zero-order chi connectivity index (χ0) is 14.7. The number of fused-ring (bicyclic) bond motifs is 1. The molecular weight excluding hydrogens is 248 g/mol. The molecule has 0 aliphatic carbocycles. The Labute approximate surface area is 122 Å². The highest BCUT2D eigenvalue weighted by molar-refractivity contribution is 5.87. The minimum atomic E-state index is -0.118. The van der Waals surface area contributed by atoms with Crippen LogP contribution in [0.4, 0.5) is 5.69 Å². The molecule has 1 aromatic carbocycles. The zero-order valence-corrected chi connectivity index (χ0v) is 12.9. The van der Waals surface area contributed by atoms with Crippen LogP contribution in [-0.4, -0.2) is 18.5 Å². The first-order chi connectivity index (χ1) is 9.49. The van der Waals surface area contributed by atoms with Crippen molar-refractivity contribution in [2.24, 2.45) is 17.8 Å². The highest BCUT2D eigenvalue weighted by Crippen LogP contribution is 2.25. The Balaban J connectivity index is 1.88. The van der Waals surface area contributed by atoms with Gasteiger partial charge >= 0.3 is 0 Å². The number of hydrogen-bond acceptors (Lipinski definition) is 2. The molecule has 1 amide bonds. The first-order valence-corrected chi connectivity index (χ1v) is 7.61. The molecule has 110 valence electrons. The molecule has 1 unspecified atom stereocenters. The lowest BCUT2D eigenvalue weighted by Gasteiger charge is -2.25. The standard InChI is InChI=1S/C17H26N2O/c1-11(2)14(12(3)4)10-18-17(20)16-9-13-7-5-6-8-15(13)19-16/h5-8,11-12,14,16,19H,9-10H2,1-4H3,(H,18,20). The molecule has 1 aliphatic rings. The van der Waals surface area contributed by atoms with Crippen LogP contribution in [0.2, 0.25) is 0 Å². The second kappa shape index (κ2) is 6.29. The van der Waals surface area contributed by atoms with Gasteiger partial charge in [0.2, 0.25) is 5.91 Å². The summed E-state index contributed by atoms with van der Waals surface area (Å²) in [6.45, 7) is 9.66. The lowest BCUT2D eigenvalue weighted by molar-refractivity contribution is -0.122. The van der Waals surface area contributed by atoms with Crippen LogP contribution in [0.5, 0.6) is 0 Å². The van der Waals surface area contributed by atoms with Crippen molar-refractivity contribution in [3.05, 3.63) is 29.8 Å². The van der Waals surface area contributed by atoms with E-state index in [1.807, 2.05) is 18.2 Å². The summed E-state index contributed by atoms with van der Waals surface area (Å²) in [7, 11) is 0. The van der Waals surface area contributed by atoms with Gasteiger partial charge in [0.05, 0.1) is 0 Å². The molecule has 1 aliphatic heterocycles. The van der Waals surface area contributed by atoms with Gasteiger partial charge in [-0.1, -0.05) is 45.9 Å².